The summed E-state index contributed by atoms with van der Waals surface area (Å²) in [5.74, 6) is -0.724. The van der Waals surface area contributed by atoms with Crippen LogP contribution in [0.25, 0.3) is 5.69 Å². The molecule has 0 radical (unpaired) electrons. The van der Waals surface area contributed by atoms with Gasteiger partial charge in [0.2, 0.25) is 0 Å². The Morgan fingerprint density at radius 3 is 2.40 bits per heavy atom. The summed E-state index contributed by atoms with van der Waals surface area (Å²) >= 11 is 0. The van der Waals surface area contributed by atoms with Crippen LogP contribution >= 0.6 is 12.4 Å². The van der Waals surface area contributed by atoms with E-state index in [1.54, 1.807) is 0 Å². The molecule has 0 bridgehead atoms. The van der Waals surface area contributed by atoms with E-state index in [4.69, 9.17) is 5.73 Å². The molecule has 0 fully saturated rings. The Labute approximate surface area is 151 Å². The first kappa shape index (κ1) is 20.8. The number of nitrogens with two attached hydrogens (primary N) is 1. The molecule has 1 amide bonds. The zero-order valence-corrected chi connectivity index (χ0v) is 15.1. The van der Waals surface area contributed by atoms with Crippen molar-refractivity contribution >= 4 is 18.3 Å². The number of carbonyl (C=O) groups is 1. The highest BCUT2D eigenvalue weighted by Crippen LogP contribution is 2.15. The summed E-state index contributed by atoms with van der Waals surface area (Å²) in [6.07, 6.45) is 0. The fourth-order valence-electron chi connectivity index (χ4n) is 2.05. The van der Waals surface area contributed by atoms with Crippen molar-refractivity contribution in [3.05, 3.63) is 58.3 Å². The molecule has 1 heterocycles. The summed E-state index contributed by atoms with van der Waals surface area (Å²) in [6.45, 7) is 6.04. The van der Waals surface area contributed by atoms with Crippen molar-refractivity contribution < 1.29 is 9.18 Å². The van der Waals surface area contributed by atoms with Crippen LogP contribution in [0.1, 0.15) is 31.3 Å². The maximum Gasteiger partial charge on any atom is 0.272 e. The van der Waals surface area contributed by atoms with Crippen LogP contribution < -0.4 is 16.6 Å². The first-order valence-electron chi connectivity index (χ1n) is 7.66. The van der Waals surface area contributed by atoms with Crippen LogP contribution in [0.15, 0.2) is 41.2 Å². The highest BCUT2D eigenvalue weighted by molar-refractivity contribution is 5.92. The van der Waals surface area contributed by atoms with Crippen LogP contribution in [0.5, 0.6) is 0 Å². The lowest BCUT2D eigenvalue weighted by Gasteiger charge is -2.33. The molecule has 1 unspecified atom stereocenters. The third-order valence-electron chi connectivity index (χ3n) is 4.20. The number of amides is 1. The van der Waals surface area contributed by atoms with E-state index in [1.165, 1.54) is 36.4 Å². The van der Waals surface area contributed by atoms with Crippen molar-refractivity contribution in [2.24, 2.45) is 11.7 Å². The summed E-state index contributed by atoms with van der Waals surface area (Å²) < 4.78 is 14.1. The molecule has 8 heteroatoms. The quantitative estimate of drug-likeness (QED) is 0.843. The number of benzene rings is 1. The van der Waals surface area contributed by atoms with Crippen LogP contribution in [0.2, 0.25) is 0 Å². The molecular weight excluding hydrogens is 347 g/mol. The summed E-state index contributed by atoms with van der Waals surface area (Å²) in [5, 5.41) is 6.94. The molecule has 25 heavy (non-hydrogen) atoms. The summed E-state index contributed by atoms with van der Waals surface area (Å²) in [6, 6.07) is 7.89. The second-order valence-corrected chi connectivity index (χ2v) is 6.18. The number of hydrogen-bond acceptors (Lipinski definition) is 4. The van der Waals surface area contributed by atoms with Crippen LogP contribution in [-0.4, -0.2) is 27.8 Å². The summed E-state index contributed by atoms with van der Waals surface area (Å²) in [5.41, 5.74) is 5.23. The van der Waals surface area contributed by atoms with E-state index in [-0.39, 0.29) is 30.6 Å². The van der Waals surface area contributed by atoms with Gasteiger partial charge in [0.15, 0.2) is 0 Å². The zero-order valence-electron chi connectivity index (χ0n) is 14.3. The van der Waals surface area contributed by atoms with Crippen molar-refractivity contribution in [1.82, 2.24) is 15.1 Å². The van der Waals surface area contributed by atoms with Crippen molar-refractivity contribution in [2.45, 2.75) is 26.3 Å². The van der Waals surface area contributed by atoms with Crippen molar-refractivity contribution in [2.75, 3.05) is 6.54 Å². The smallest absolute Gasteiger partial charge is 0.272 e. The molecule has 1 atom stereocenters. The number of halogens is 2. The SMILES string of the molecule is CC(C)C(C)(CN)NC(=O)c1ccc(=O)n(-c2ccc(F)cc2)n1.Cl. The molecule has 0 spiro atoms. The van der Waals surface area contributed by atoms with Crippen LogP contribution in [0.4, 0.5) is 4.39 Å². The Morgan fingerprint density at radius 2 is 1.88 bits per heavy atom. The van der Waals surface area contributed by atoms with Crippen LogP contribution in [-0.2, 0) is 0 Å². The molecule has 2 rings (SSSR count). The average Bonchev–Trinajstić information content (AvgIpc) is 2.55. The van der Waals surface area contributed by atoms with E-state index < -0.39 is 22.8 Å². The van der Waals surface area contributed by atoms with Gasteiger partial charge in [-0.05, 0) is 43.2 Å². The number of nitrogens with zero attached hydrogens (tertiary/aromatic N) is 2. The van der Waals surface area contributed by atoms with Crippen LogP contribution in [0, 0.1) is 11.7 Å². The molecule has 0 saturated carbocycles. The maximum absolute atomic E-state index is 13.0. The van der Waals surface area contributed by atoms with Gasteiger partial charge in [0.1, 0.15) is 11.5 Å². The topological polar surface area (TPSA) is 90.0 Å². The normalized spacial score (nSPS) is 13.0. The minimum absolute atomic E-state index is 0. The molecule has 0 aliphatic rings. The van der Waals surface area contributed by atoms with E-state index in [2.05, 4.69) is 10.4 Å². The molecule has 0 aliphatic carbocycles. The van der Waals surface area contributed by atoms with Crippen molar-refractivity contribution in [1.29, 1.82) is 0 Å². The third-order valence-corrected chi connectivity index (χ3v) is 4.20. The highest BCUT2D eigenvalue weighted by atomic mass is 35.5. The molecule has 2 aromatic rings. The predicted molar refractivity (Wildman–Crippen MR) is 96.8 cm³/mol. The van der Waals surface area contributed by atoms with Gasteiger partial charge in [0.25, 0.3) is 11.5 Å². The number of aromatic nitrogens is 2. The fraction of sp³-hybridized carbons (Fsp3) is 0.353. The average molecular weight is 369 g/mol. The molecule has 0 saturated heterocycles. The van der Waals surface area contributed by atoms with Crippen LogP contribution in [0.3, 0.4) is 0 Å². The first-order chi connectivity index (χ1) is 11.3. The molecule has 6 nitrogen and oxygen atoms in total. The lowest BCUT2D eigenvalue weighted by atomic mass is 9.88. The largest absolute Gasteiger partial charge is 0.344 e. The van der Waals surface area contributed by atoms with Crippen molar-refractivity contribution in [3.63, 3.8) is 0 Å². The molecular formula is C17H22ClFN4O2. The van der Waals surface area contributed by atoms with Gasteiger partial charge in [0.05, 0.1) is 11.2 Å². The Bertz CT molecular complexity index is 792. The van der Waals surface area contributed by atoms with Gasteiger partial charge in [-0.1, -0.05) is 13.8 Å². The predicted octanol–water partition coefficient (Wildman–Crippen LogP) is 1.90. The number of hydrogen-bond donors (Lipinski definition) is 2. The molecule has 1 aromatic carbocycles. The van der Waals surface area contributed by atoms with Gasteiger partial charge in [0, 0.05) is 12.6 Å². The maximum atomic E-state index is 13.0. The summed E-state index contributed by atoms with van der Waals surface area (Å²) in [4.78, 5) is 24.5. The zero-order chi connectivity index (χ0) is 17.9. The molecule has 3 N–H and O–H groups in total. The van der Waals surface area contributed by atoms with E-state index in [9.17, 15) is 14.0 Å². The van der Waals surface area contributed by atoms with E-state index >= 15 is 0 Å². The fourth-order valence-corrected chi connectivity index (χ4v) is 2.05. The standard InChI is InChI=1S/C17H21FN4O2.ClH/c1-11(2)17(3,10-19)20-16(24)14-8-9-15(23)22(21-14)13-6-4-12(18)5-7-13;/h4-9,11H,10,19H2,1-3H3,(H,20,24);1H. The number of nitrogens with one attached hydrogen (secondary N) is 1. The van der Waals surface area contributed by atoms with Gasteiger partial charge in [-0.3, -0.25) is 9.59 Å². The highest BCUT2D eigenvalue weighted by Gasteiger charge is 2.29. The second kappa shape index (κ2) is 8.22. The third kappa shape index (κ3) is 4.64. The molecule has 1 aromatic heterocycles. The van der Waals surface area contributed by atoms with Gasteiger partial charge in [-0.2, -0.15) is 9.78 Å². The number of rotatable bonds is 5. The van der Waals surface area contributed by atoms with E-state index in [0.717, 1.165) is 4.68 Å². The minimum Gasteiger partial charge on any atom is -0.344 e. The summed E-state index contributed by atoms with van der Waals surface area (Å²) in [7, 11) is 0. The van der Waals surface area contributed by atoms with Gasteiger partial charge in [-0.25, -0.2) is 4.39 Å². The molecule has 0 aliphatic heterocycles. The Hall–Kier alpha value is -2.25. The number of carbonyl (C=O) groups excluding carboxylic acids is 1. The lowest BCUT2D eigenvalue weighted by Crippen LogP contribution is -2.55. The monoisotopic (exact) mass is 368 g/mol. The first-order valence-corrected chi connectivity index (χ1v) is 7.66. The minimum atomic E-state index is -0.588. The van der Waals surface area contributed by atoms with E-state index in [1.807, 2.05) is 20.8 Å². The Kier molecular flexibility index (Phi) is 6.84. The van der Waals surface area contributed by atoms with Gasteiger partial charge < -0.3 is 11.1 Å². The second-order valence-electron chi connectivity index (χ2n) is 6.18. The van der Waals surface area contributed by atoms with E-state index in [0.29, 0.717) is 5.69 Å². The lowest BCUT2D eigenvalue weighted by molar-refractivity contribution is 0.0876. The Balaban J connectivity index is 0.00000312. The van der Waals surface area contributed by atoms with Gasteiger partial charge in [-0.15, -0.1) is 12.4 Å². The van der Waals surface area contributed by atoms with Gasteiger partial charge >= 0.3 is 0 Å². The Morgan fingerprint density at radius 1 is 1.28 bits per heavy atom. The molecule has 136 valence electrons. The van der Waals surface area contributed by atoms with Crippen molar-refractivity contribution in [3.8, 4) is 5.69 Å².